The number of hydrogen-bond donors (Lipinski definition) is 1. The Kier molecular flexibility index (Phi) is 4.55. The van der Waals surface area contributed by atoms with Crippen molar-refractivity contribution in [3.05, 3.63) is 60.6 Å². The first-order valence-electron chi connectivity index (χ1n) is 7.86. The zero-order valence-electron chi connectivity index (χ0n) is 14.4. The molecule has 1 N–H and O–H groups in total. The number of hydrogen-bond acceptors (Lipinski definition) is 4. The Morgan fingerprint density at radius 1 is 1.08 bits per heavy atom. The van der Waals surface area contributed by atoms with Crippen molar-refractivity contribution in [1.29, 1.82) is 0 Å². The van der Waals surface area contributed by atoms with Gasteiger partial charge in [0.05, 0.1) is 19.0 Å². The minimum atomic E-state index is -1.00. The first-order valence-corrected chi connectivity index (χ1v) is 7.86. The summed E-state index contributed by atoms with van der Waals surface area (Å²) in [7, 11) is 1.59. The maximum absolute atomic E-state index is 9.68. The van der Waals surface area contributed by atoms with Crippen LogP contribution in [0.1, 0.15) is 19.4 Å². The van der Waals surface area contributed by atoms with Gasteiger partial charge in [0, 0.05) is 29.6 Å². The van der Waals surface area contributed by atoms with Crippen molar-refractivity contribution >= 4 is 0 Å². The van der Waals surface area contributed by atoms with E-state index in [1.54, 1.807) is 33.4 Å². The van der Waals surface area contributed by atoms with Crippen molar-refractivity contribution in [2.24, 2.45) is 0 Å². The summed E-state index contributed by atoms with van der Waals surface area (Å²) in [6, 6.07) is 11.5. The van der Waals surface area contributed by atoms with Crippen molar-refractivity contribution in [2.75, 3.05) is 7.11 Å². The SMILES string of the molecule is COc1ccc(-n2ccnc2-c2ccc(C#CC(C)(C)O)cc2)cn1. The van der Waals surface area contributed by atoms with Crippen LogP contribution in [-0.2, 0) is 0 Å². The average Bonchev–Trinajstić information content (AvgIpc) is 3.09. The predicted octanol–water partition coefficient (Wildman–Crippen LogP) is 3.07. The molecule has 0 unspecified atom stereocenters. The molecule has 5 nitrogen and oxygen atoms in total. The molecule has 2 heterocycles. The van der Waals surface area contributed by atoms with Gasteiger partial charge in [-0.3, -0.25) is 4.57 Å². The smallest absolute Gasteiger partial charge is 0.213 e. The molecule has 0 saturated heterocycles. The Balaban J connectivity index is 1.90. The van der Waals surface area contributed by atoms with Gasteiger partial charge in [-0.1, -0.05) is 24.0 Å². The van der Waals surface area contributed by atoms with E-state index in [9.17, 15) is 5.11 Å². The van der Waals surface area contributed by atoms with Crippen LogP contribution in [0.3, 0.4) is 0 Å². The maximum atomic E-state index is 9.68. The molecule has 0 amide bonds. The van der Waals surface area contributed by atoms with Crippen molar-refractivity contribution in [3.8, 4) is 34.8 Å². The summed E-state index contributed by atoms with van der Waals surface area (Å²) in [6.07, 6.45) is 5.38. The Morgan fingerprint density at radius 3 is 2.44 bits per heavy atom. The molecule has 126 valence electrons. The number of imidazole rings is 1. The third-order valence-electron chi connectivity index (χ3n) is 3.50. The van der Waals surface area contributed by atoms with E-state index >= 15 is 0 Å². The van der Waals surface area contributed by atoms with Gasteiger partial charge in [0.2, 0.25) is 5.88 Å². The number of methoxy groups -OCH3 is 1. The maximum Gasteiger partial charge on any atom is 0.213 e. The van der Waals surface area contributed by atoms with Gasteiger partial charge in [-0.05, 0) is 32.0 Å². The second-order valence-electron chi connectivity index (χ2n) is 6.07. The highest BCUT2D eigenvalue weighted by atomic mass is 16.5. The molecule has 5 heteroatoms. The lowest BCUT2D eigenvalue weighted by molar-refractivity contribution is 0.143. The third kappa shape index (κ3) is 4.06. The number of aromatic nitrogens is 3. The predicted molar refractivity (Wildman–Crippen MR) is 96.5 cm³/mol. The molecular weight excluding hydrogens is 314 g/mol. The Morgan fingerprint density at radius 2 is 1.84 bits per heavy atom. The van der Waals surface area contributed by atoms with E-state index in [1.807, 2.05) is 47.2 Å². The highest BCUT2D eigenvalue weighted by molar-refractivity contribution is 5.60. The fraction of sp³-hybridized carbons (Fsp3) is 0.200. The van der Waals surface area contributed by atoms with E-state index in [-0.39, 0.29) is 0 Å². The van der Waals surface area contributed by atoms with Crippen LogP contribution < -0.4 is 4.74 Å². The van der Waals surface area contributed by atoms with Crippen molar-refractivity contribution in [2.45, 2.75) is 19.4 Å². The Hall–Kier alpha value is -3.10. The molecule has 0 radical (unpaired) electrons. The van der Waals surface area contributed by atoms with Crippen molar-refractivity contribution < 1.29 is 9.84 Å². The molecule has 0 atom stereocenters. The van der Waals surface area contributed by atoms with Crippen LogP contribution in [0.4, 0.5) is 0 Å². The number of rotatable bonds is 3. The molecule has 0 saturated carbocycles. The number of ether oxygens (including phenoxy) is 1. The number of benzene rings is 1. The summed E-state index contributed by atoms with van der Waals surface area (Å²) in [5.74, 6) is 7.15. The minimum absolute atomic E-state index is 0.570. The monoisotopic (exact) mass is 333 g/mol. The summed E-state index contributed by atoms with van der Waals surface area (Å²) in [5.41, 5.74) is 1.71. The normalized spacial score (nSPS) is 10.9. The van der Waals surface area contributed by atoms with Crippen LogP contribution in [0.2, 0.25) is 0 Å². The van der Waals surface area contributed by atoms with Crippen LogP contribution in [0.25, 0.3) is 17.1 Å². The van der Waals surface area contributed by atoms with Gasteiger partial charge in [-0.25, -0.2) is 9.97 Å². The van der Waals surface area contributed by atoms with E-state index in [0.29, 0.717) is 5.88 Å². The molecule has 0 bridgehead atoms. The van der Waals surface area contributed by atoms with Crippen LogP contribution in [-0.4, -0.2) is 32.4 Å². The average molecular weight is 333 g/mol. The highest BCUT2D eigenvalue weighted by Gasteiger charge is 2.09. The van der Waals surface area contributed by atoms with Gasteiger partial charge in [-0.2, -0.15) is 0 Å². The van der Waals surface area contributed by atoms with Crippen LogP contribution in [0.15, 0.2) is 55.0 Å². The van der Waals surface area contributed by atoms with Crippen molar-refractivity contribution in [1.82, 2.24) is 14.5 Å². The zero-order valence-corrected chi connectivity index (χ0v) is 14.4. The largest absolute Gasteiger partial charge is 0.481 e. The van der Waals surface area contributed by atoms with Crippen LogP contribution >= 0.6 is 0 Å². The van der Waals surface area contributed by atoms with E-state index in [1.165, 1.54) is 0 Å². The standard InChI is InChI=1S/C20H19N3O2/c1-20(2,24)11-10-15-4-6-16(7-5-15)19-21-12-13-23(19)17-8-9-18(25-3)22-14-17/h4-9,12-14,24H,1-3H3. The van der Waals surface area contributed by atoms with Gasteiger partial charge in [0.1, 0.15) is 11.4 Å². The van der Waals surface area contributed by atoms with Gasteiger partial charge < -0.3 is 9.84 Å². The molecule has 0 fully saturated rings. The van der Waals surface area contributed by atoms with E-state index in [0.717, 1.165) is 22.6 Å². The highest BCUT2D eigenvalue weighted by Crippen LogP contribution is 2.22. The number of aliphatic hydroxyl groups is 1. The van der Waals surface area contributed by atoms with E-state index in [2.05, 4.69) is 21.8 Å². The molecule has 2 aromatic heterocycles. The molecule has 25 heavy (non-hydrogen) atoms. The lowest BCUT2D eigenvalue weighted by Crippen LogP contribution is -2.14. The number of pyridine rings is 1. The molecule has 3 aromatic rings. The second kappa shape index (κ2) is 6.80. The molecule has 0 spiro atoms. The fourth-order valence-corrected chi connectivity index (χ4v) is 2.29. The molecule has 0 aliphatic carbocycles. The third-order valence-corrected chi connectivity index (χ3v) is 3.50. The van der Waals surface area contributed by atoms with Gasteiger partial charge in [-0.15, -0.1) is 0 Å². The van der Waals surface area contributed by atoms with E-state index < -0.39 is 5.60 Å². The summed E-state index contributed by atoms with van der Waals surface area (Å²) in [6.45, 7) is 3.32. The lowest BCUT2D eigenvalue weighted by atomic mass is 10.1. The van der Waals surface area contributed by atoms with Crippen LogP contribution in [0.5, 0.6) is 5.88 Å². The first-order chi connectivity index (χ1) is 12.0. The summed E-state index contributed by atoms with van der Waals surface area (Å²) < 4.78 is 7.06. The van der Waals surface area contributed by atoms with Crippen LogP contribution in [0, 0.1) is 11.8 Å². The topological polar surface area (TPSA) is 60.2 Å². The first kappa shape index (κ1) is 16.7. The lowest BCUT2D eigenvalue weighted by Gasteiger charge is -2.08. The van der Waals surface area contributed by atoms with Gasteiger partial charge in [0.15, 0.2) is 0 Å². The van der Waals surface area contributed by atoms with Crippen molar-refractivity contribution in [3.63, 3.8) is 0 Å². The molecule has 0 aliphatic heterocycles. The molecule has 0 aliphatic rings. The second-order valence-corrected chi connectivity index (χ2v) is 6.07. The Labute approximate surface area is 147 Å². The molecule has 1 aromatic carbocycles. The summed E-state index contributed by atoms with van der Waals surface area (Å²) in [4.78, 5) is 8.68. The Bertz CT molecular complexity index is 909. The zero-order chi connectivity index (χ0) is 17.9. The summed E-state index contributed by atoms with van der Waals surface area (Å²) >= 11 is 0. The van der Waals surface area contributed by atoms with E-state index in [4.69, 9.17) is 4.74 Å². The summed E-state index contributed by atoms with van der Waals surface area (Å²) in [5, 5.41) is 9.68. The molecule has 3 rings (SSSR count). The quantitative estimate of drug-likeness (QED) is 0.748. The van der Waals surface area contributed by atoms with Gasteiger partial charge in [0.25, 0.3) is 0 Å². The van der Waals surface area contributed by atoms with Gasteiger partial charge >= 0.3 is 0 Å². The number of nitrogens with zero attached hydrogens (tertiary/aromatic N) is 3. The molecular formula is C20H19N3O2. The fourth-order valence-electron chi connectivity index (χ4n) is 2.29. The minimum Gasteiger partial charge on any atom is -0.481 e.